The lowest BCUT2D eigenvalue weighted by Crippen LogP contribution is -2.31. The SMILES string of the molecule is CCCn1cc(NC(=O)NC(C)c2cn(C(C)(C)C)nc2C)cn1. The van der Waals surface area contributed by atoms with E-state index in [1.165, 1.54) is 0 Å². The Morgan fingerprint density at radius 2 is 2.04 bits per heavy atom. The Balaban J connectivity index is 1.99. The number of carbonyl (C=O) groups is 1. The van der Waals surface area contributed by atoms with E-state index in [-0.39, 0.29) is 17.6 Å². The fourth-order valence-electron chi connectivity index (χ4n) is 2.46. The van der Waals surface area contributed by atoms with Crippen LogP contribution in [0.2, 0.25) is 0 Å². The Hall–Kier alpha value is -2.31. The Morgan fingerprint density at radius 1 is 1.33 bits per heavy atom. The van der Waals surface area contributed by atoms with Crippen LogP contribution in [0.5, 0.6) is 0 Å². The minimum absolute atomic E-state index is 0.0845. The summed E-state index contributed by atoms with van der Waals surface area (Å²) < 4.78 is 3.75. The molecule has 24 heavy (non-hydrogen) atoms. The van der Waals surface area contributed by atoms with Crippen molar-refractivity contribution in [1.82, 2.24) is 24.9 Å². The first-order valence-electron chi connectivity index (χ1n) is 8.37. The highest BCUT2D eigenvalue weighted by molar-refractivity contribution is 5.89. The minimum atomic E-state index is -0.249. The predicted octanol–water partition coefficient (Wildman–Crippen LogP) is 3.44. The van der Waals surface area contributed by atoms with E-state index >= 15 is 0 Å². The average molecular weight is 332 g/mol. The zero-order chi connectivity index (χ0) is 17.9. The van der Waals surface area contributed by atoms with Crippen LogP contribution in [-0.4, -0.2) is 25.6 Å². The van der Waals surface area contributed by atoms with Crippen molar-refractivity contribution < 1.29 is 4.79 Å². The second-order valence-corrected chi connectivity index (χ2v) is 7.10. The zero-order valence-electron chi connectivity index (χ0n) is 15.4. The van der Waals surface area contributed by atoms with Gasteiger partial charge in [-0.05, 0) is 41.0 Å². The van der Waals surface area contributed by atoms with Gasteiger partial charge in [-0.1, -0.05) is 6.92 Å². The number of urea groups is 1. The molecule has 0 spiro atoms. The average Bonchev–Trinajstić information content (AvgIpc) is 3.05. The van der Waals surface area contributed by atoms with Crippen LogP contribution >= 0.6 is 0 Å². The third kappa shape index (κ3) is 4.37. The van der Waals surface area contributed by atoms with Crippen molar-refractivity contribution in [2.75, 3.05) is 5.32 Å². The van der Waals surface area contributed by atoms with E-state index in [0.29, 0.717) is 5.69 Å². The number of carbonyl (C=O) groups excluding carboxylic acids is 1. The van der Waals surface area contributed by atoms with Crippen molar-refractivity contribution >= 4 is 11.7 Å². The molecule has 0 saturated heterocycles. The van der Waals surface area contributed by atoms with Gasteiger partial charge in [0, 0.05) is 24.5 Å². The molecule has 0 fully saturated rings. The van der Waals surface area contributed by atoms with Crippen molar-refractivity contribution in [3.63, 3.8) is 0 Å². The Labute approximate surface area is 143 Å². The molecule has 2 heterocycles. The molecule has 132 valence electrons. The number of amides is 2. The molecule has 7 heteroatoms. The summed E-state index contributed by atoms with van der Waals surface area (Å²) in [7, 11) is 0. The molecule has 2 N–H and O–H groups in total. The summed E-state index contributed by atoms with van der Waals surface area (Å²) in [4.78, 5) is 12.2. The molecule has 2 aromatic rings. The minimum Gasteiger partial charge on any atom is -0.331 e. The molecule has 2 amide bonds. The number of hydrogen-bond donors (Lipinski definition) is 2. The van der Waals surface area contributed by atoms with Crippen molar-refractivity contribution in [3.05, 3.63) is 29.8 Å². The van der Waals surface area contributed by atoms with E-state index in [9.17, 15) is 4.79 Å². The van der Waals surface area contributed by atoms with Crippen LogP contribution in [0.3, 0.4) is 0 Å². The summed E-state index contributed by atoms with van der Waals surface area (Å²) in [5, 5.41) is 14.5. The summed E-state index contributed by atoms with van der Waals surface area (Å²) in [6.07, 6.45) is 6.49. The van der Waals surface area contributed by atoms with Gasteiger partial charge in [-0.3, -0.25) is 9.36 Å². The van der Waals surface area contributed by atoms with Crippen LogP contribution in [-0.2, 0) is 12.1 Å². The highest BCUT2D eigenvalue weighted by Crippen LogP contribution is 2.21. The van der Waals surface area contributed by atoms with Crippen LogP contribution in [0.25, 0.3) is 0 Å². The normalized spacial score (nSPS) is 12.9. The third-order valence-electron chi connectivity index (χ3n) is 3.78. The van der Waals surface area contributed by atoms with E-state index < -0.39 is 0 Å². The number of aromatic nitrogens is 4. The first kappa shape index (κ1) is 18.0. The van der Waals surface area contributed by atoms with Crippen LogP contribution in [0.1, 0.15) is 58.3 Å². The number of nitrogens with zero attached hydrogens (tertiary/aromatic N) is 4. The number of rotatable bonds is 5. The molecule has 0 aliphatic rings. The molecule has 7 nitrogen and oxygen atoms in total. The lowest BCUT2D eigenvalue weighted by Gasteiger charge is -2.19. The van der Waals surface area contributed by atoms with Gasteiger partial charge >= 0.3 is 6.03 Å². The van der Waals surface area contributed by atoms with E-state index in [0.717, 1.165) is 24.2 Å². The van der Waals surface area contributed by atoms with E-state index in [2.05, 4.69) is 48.5 Å². The number of aryl methyl sites for hydroxylation is 2. The lowest BCUT2D eigenvalue weighted by molar-refractivity contribution is 0.249. The molecule has 0 aromatic carbocycles. The molecule has 0 radical (unpaired) electrons. The Kier molecular flexibility index (Phi) is 5.31. The van der Waals surface area contributed by atoms with Gasteiger partial charge in [-0.15, -0.1) is 0 Å². The Bertz CT molecular complexity index is 694. The number of nitrogens with one attached hydrogen (secondary N) is 2. The maximum absolute atomic E-state index is 12.2. The molecule has 1 unspecified atom stereocenters. The van der Waals surface area contributed by atoms with Gasteiger partial charge < -0.3 is 10.6 Å². The van der Waals surface area contributed by atoms with E-state index in [1.54, 1.807) is 6.20 Å². The predicted molar refractivity (Wildman–Crippen MR) is 95.0 cm³/mol. The maximum Gasteiger partial charge on any atom is 0.319 e. The first-order chi connectivity index (χ1) is 11.2. The molecule has 0 aliphatic heterocycles. The highest BCUT2D eigenvalue weighted by atomic mass is 16.2. The van der Waals surface area contributed by atoms with Crippen molar-refractivity contribution in [2.24, 2.45) is 0 Å². The smallest absolute Gasteiger partial charge is 0.319 e. The highest BCUT2D eigenvalue weighted by Gasteiger charge is 2.20. The summed E-state index contributed by atoms with van der Waals surface area (Å²) in [5.41, 5.74) is 2.55. The molecule has 2 aromatic heterocycles. The Morgan fingerprint density at radius 3 is 2.62 bits per heavy atom. The largest absolute Gasteiger partial charge is 0.331 e. The summed E-state index contributed by atoms with van der Waals surface area (Å²) in [6, 6.07) is -0.381. The second kappa shape index (κ2) is 7.07. The standard InChI is InChI=1S/C17H28N6O/c1-7-8-22-10-14(9-18-22)20-16(24)19-12(2)15-11-23(17(4,5)6)21-13(15)3/h9-12H,7-8H2,1-6H3,(H2,19,20,24). The fraction of sp³-hybridized carbons (Fsp3) is 0.588. The van der Waals surface area contributed by atoms with Gasteiger partial charge in [0.2, 0.25) is 0 Å². The number of anilines is 1. The molecule has 0 saturated carbocycles. The lowest BCUT2D eigenvalue weighted by atomic mass is 10.1. The number of hydrogen-bond acceptors (Lipinski definition) is 3. The van der Waals surface area contributed by atoms with Gasteiger partial charge in [0.25, 0.3) is 0 Å². The topological polar surface area (TPSA) is 76.8 Å². The van der Waals surface area contributed by atoms with E-state index in [4.69, 9.17) is 0 Å². The molecule has 0 bridgehead atoms. The van der Waals surface area contributed by atoms with Gasteiger partial charge in [-0.2, -0.15) is 10.2 Å². The van der Waals surface area contributed by atoms with Crippen molar-refractivity contribution in [3.8, 4) is 0 Å². The fourth-order valence-corrected chi connectivity index (χ4v) is 2.46. The molecular weight excluding hydrogens is 304 g/mol. The van der Waals surface area contributed by atoms with Crippen molar-refractivity contribution in [1.29, 1.82) is 0 Å². The summed E-state index contributed by atoms with van der Waals surface area (Å²) >= 11 is 0. The summed E-state index contributed by atoms with van der Waals surface area (Å²) in [5.74, 6) is 0. The molecular formula is C17H28N6O. The van der Waals surface area contributed by atoms with Gasteiger partial charge in [-0.25, -0.2) is 4.79 Å². The van der Waals surface area contributed by atoms with Crippen LogP contribution in [0, 0.1) is 6.92 Å². The van der Waals surface area contributed by atoms with E-state index in [1.807, 2.05) is 35.6 Å². The van der Waals surface area contributed by atoms with Crippen molar-refractivity contribution in [2.45, 2.75) is 66.1 Å². The second-order valence-electron chi connectivity index (χ2n) is 7.10. The monoisotopic (exact) mass is 332 g/mol. The molecule has 2 rings (SSSR count). The van der Waals surface area contributed by atoms with Crippen LogP contribution in [0.15, 0.2) is 18.6 Å². The molecule has 0 aliphatic carbocycles. The maximum atomic E-state index is 12.2. The van der Waals surface area contributed by atoms with Crippen LogP contribution < -0.4 is 10.6 Å². The first-order valence-corrected chi connectivity index (χ1v) is 8.37. The van der Waals surface area contributed by atoms with Gasteiger partial charge in [0.15, 0.2) is 0 Å². The van der Waals surface area contributed by atoms with Gasteiger partial charge in [0.05, 0.1) is 29.2 Å². The zero-order valence-corrected chi connectivity index (χ0v) is 15.4. The summed E-state index contributed by atoms with van der Waals surface area (Å²) in [6.45, 7) is 13.1. The third-order valence-corrected chi connectivity index (χ3v) is 3.78. The van der Waals surface area contributed by atoms with Crippen LogP contribution in [0.4, 0.5) is 10.5 Å². The molecule has 1 atom stereocenters. The van der Waals surface area contributed by atoms with Gasteiger partial charge in [0.1, 0.15) is 0 Å². The quantitative estimate of drug-likeness (QED) is 0.880.